The lowest BCUT2D eigenvalue weighted by Crippen LogP contribution is -2.18. The van der Waals surface area contributed by atoms with Crippen LogP contribution in [0.1, 0.15) is 39.5 Å². The molecule has 0 aromatic rings. The van der Waals surface area contributed by atoms with Gasteiger partial charge in [0.05, 0.1) is 5.25 Å². The second-order valence-electron chi connectivity index (χ2n) is 3.87. The Balaban J connectivity index is 2.26. The van der Waals surface area contributed by atoms with Gasteiger partial charge in [0.25, 0.3) is 0 Å². The average Bonchev–Trinajstić information content (AvgIpc) is 2.04. The van der Waals surface area contributed by atoms with Crippen molar-refractivity contribution in [1.29, 1.82) is 0 Å². The lowest BCUT2D eigenvalue weighted by molar-refractivity contribution is -0.107. The molecule has 0 heterocycles. The van der Waals surface area contributed by atoms with E-state index in [2.05, 4.69) is 6.92 Å². The van der Waals surface area contributed by atoms with Crippen LogP contribution in [0, 0.1) is 5.92 Å². The van der Waals surface area contributed by atoms with Crippen molar-refractivity contribution >= 4 is 18.0 Å². The van der Waals surface area contributed by atoms with Crippen molar-refractivity contribution in [3.63, 3.8) is 0 Å². The van der Waals surface area contributed by atoms with Gasteiger partial charge in [-0.15, -0.1) is 11.8 Å². The van der Waals surface area contributed by atoms with E-state index in [-0.39, 0.29) is 5.25 Å². The Labute approximate surface area is 79.3 Å². The summed E-state index contributed by atoms with van der Waals surface area (Å²) in [5, 5.41) is 0.939. The fourth-order valence-corrected chi connectivity index (χ4v) is 3.25. The summed E-state index contributed by atoms with van der Waals surface area (Å²) in [6, 6.07) is 0. The van der Waals surface area contributed by atoms with Gasteiger partial charge in [-0.2, -0.15) is 0 Å². The molecular weight excluding hydrogens is 168 g/mol. The summed E-state index contributed by atoms with van der Waals surface area (Å²) >= 11 is 1.86. The Hall–Kier alpha value is 0.0200. The van der Waals surface area contributed by atoms with E-state index < -0.39 is 0 Å². The van der Waals surface area contributed by atoms with Crippen molar-refractivity contribution in [2.24, 2.45) is 5.92 Å². The Bertz CT molecular complexity index is 147. The van der Waals surface area contributed by atoms with Gasteiger partial charge in [0.2, 0.25) is 0 Å². The van der Waals surface area contributed by atoms with Crippen LogP contribution in [0.5, 0.6) is 0 Å². The second kappa shape index (κ2) is 4.90. The maximum atomic E-state index is 10.4. The number of carbonyl (C=O) groups is 1. The summed E-state index contributed by atoms with van der Waals surface area (Å²) in [5.74, 6) is 0.870. The van der Waals surface area contributed by atoms with Gasteiger partial charge in [-0.3, -0.25) is 0 Å². The number of rotatable bonds is 3. The third-order valence-electron chi connectivity index (χ3n) is 2.49. The molecule has 1 fully saturated rings. The van der Waals surface area contributed by atoms with Crippen molar-refractivity contribution in [2.75, 3.05) is 0 Å². The lowest BCUT2D eigenvalue weighted by atomic mass is 9.91. The highest BCUT2D eigenvalue weighted by Gasteiger charge is 2.20. The molecule has 0 aromatic heterocycles. The van der Waals surface area contributed by atoms with Crippen molar-refractivity contribution < 1.29 is 4.79 Å². The van der Waals surface area contributed by atoms with E-state index in [1.54, 1.807) is 0 Å². The summed E-state index contributed by atoms with van der Waals surface area (Å²) in [6.45, 7) is 4.31. The van der Waals surface area contributed by atoms with Gasteiger partial charge in [0.1, 0.15) is 6.29 Å². The van der Waals surface area contributed by atoms with Gasteiger partial charge in [-0.1, -0.05) is 19.8 Å². The van der Waals surface area contributed by atoms with Crippen LogP contribution in [0.2, 0.25) is 0 Å². The van der Waals surface area contributed by atoms with E-state index in [4.69, 9.17) is 0 Å². The molecular formula is C10H18OS. The van der Waals surface area contributed by atoms with E-state index >= 15 is 0 Å². The molecule has 0 aliphatic heterocycles. The van der Waals surface area contributed by atoms with Gasteiger partial charge in [-0.05, 0) is 25.7 Å². The van der Waals surface area contributed by atoms with Crippen molar-refractivity contribution in [3.05, 3.63) is 0 Å². The first kappa shape index (κ1) is 10.1. The van der Waals surface area contributed by atoms with E-state index in [0.29, 0.717) is 0 Å². The van der Waals surface area contributed by atoms with Gasteiger partial charge in [0, 0.05) is 5.25 Å². The highest BCUT2D eigenvalue weighted by Crippen LogP contribution is 2.33. The number of thioether (sulfide) groups is 1. The molecule has 1 nitrogen and oxygen atoms in total. The molecule has 0 N–H and O–H groups in total. The quantitative estimate of drug-likeness (QED) is 0.630. The SMILES string of the molecule is CC1CCCC(SC(C)C=O)C1. The Morgan fingerprint density at radius 1 is 1.50 bits per heavy atom. The number of aldehydes is 1. The standard InChI is InChI=1S/C10H18OS/c1-8-4-3-5-10(6-8)12-9(2)7-11/h7-10H,3-6H2,1-2H3. The topological polar surface area (TPSA) is 17.1 Å². The van der Waals surface area contributed by atoms with Crippen LogP contribution in [-0.4, -0.2) is 16.8 Å². The second-order valence-corrected chi connectivity index (χ2v) is 5.55. The molecule has 1 aliphatic carbocycles. The third kappa shape index (κ3) is 3.18. The molecule has 0 aromatic carbocycles. The largest absolute Gasteiger partial charge is 0.302 e. The Kier molecular flexibility index (Phi) is 4.13. The molecule has 1 saturated carbocycles. The first-order valence-electron chi connectivity index (χ1n) is 4.83. The van der Waals surface area contributed by atoms with Crippen molar-refractivity contribution in [2.45, 2.75) is 50.0 Å². The zero-order valence-electron chi connectivity index (χ0n) is 7.95. The van der Waals surface area contributed by atoms with Crippen LogP contribution in [0.15, 0.2) is 0 Å². The van der Waals surface area contributed by atoms with Gasteiger partial charge >= 0.3 is 0 Å². The van der Waals surface area contributed by atoms with Gasteiger partial charge < -0.3 is 4.79 Å². The summed E-state index contributed by atoms with van der Waals surface area (Å²) in [7, 11) is 0. The molecule has 3 unspecified atom stereocenters. The van der Waals surface area contributed by atoms with Crippen LogP contribution in [0.25, 0.3) is 0 Å². The van der Waals surface area contributed by atoms with Crippen LogP contribution < -0.4 is 0 Å². The molecule has 1 aliphatic rings. The lowest BCUT2D eigenvalue weighted by Gasteiger charge is -2.27. The first-order valence-corrected chi connectivity index (χ1v) is 5.77. The molecule has 70 valence electrons. The molecule has 12 heavy (non-hydrogen) atoms. The summed E-state index contributed by atoms with van der Waals surface area (Å²) in [6.07, 6.45) is 6.41. The third-order valence-corrected chi connectivity index (χ3v) is 3.84. The maximum Gasteiger partial charge on any atom is 0.132 e. The summed E-state index contributed by atoms with van der Waals surface area (Å²) < 4.78 is 0. The Morgan fingerprint density at radius 2 is 2.25 bits per heavy atom. The Morgan fingerprint density at radius 3 is 2.83 bits per heavy atom. The highest BCUT2D eigenvalue weighted by molar-refractivity contribution is 8.01. The minimum absolute atomic E-state index is 0.195. The average molecular weight is 186 g/mol. The molecule has 0 amide bonds. The smallest absolute Gasteiger partial charge is 0.132 e. The maximum absolute atomic E-state index is 10.4. The monoisotopic (exact) mass is 186 g/mol. The normalized spacial score (nSPS) is 32.8. The minimum atomic E-state index is 0.195. The summed E-state index contributed by atoms with van der Waals surface area (Å²) in [4.78, 5) is 10.4. The molecule has 0 radical (unpaired) electrons. The van der Waals surface area contributed by atoms with Gasteiger partial charge in [-0.25, -0.2) is 0 Å². The summed E-state index contributed by atoms with van der Waals surface area (Å²) in [5.41, 5.74) is 0. The molecule has 3 atom stereocenters. The zero-order chi connectivity index (χ0) is 8.97. The fraction of sp³-hybridized carbons (Fsp3) is 0.900. The highest BCUT2D eigenvalue weighted by atomic mass is 32.2. The first-order chi connectivity index (χ1) is 5.72. The number of hydrogen-bond acceptors (Lipinski definition) is 2. The molecule has 1 rings (SSSR count). The van der Waals surface area contributed by atoms with Crippen LogP contribution in [-0.2, 0) is 4.79 Å². The van der Waals surface area contributed by atoms with Crippen LogP contribution in [0.4, 0.5) is 0 Å². The molecule has 2 heteroatoms. The molecule has 0 saturated heterocycles. The number of hydrogen-bond donors (Lipinski definition) is 0. The molecule has 0 bridgehead atoms. The van der Waals surface area contributed by atoms with Crippen LogP contribution >= 0.6 is 11.8 Å². The van der Waals surface area contributed by atoms with Crippen molar-refractivity contribution in [1.82, 2.24) is 0 Å². The minimum Gasteiger partial charge on any atom is -0.302 e. The van der Waals surface area contributed by atoms with Gasteiger partial charge in [0.15, 0.2) is 0 Å². The number of carbonyl (C=O) groups excluding carboxylic acids is 1. The van der Waals surface area contributed by atoms with E-state index in [9.17, 15) is 4.79 Å². The predicted molar refractivity (Wildman–Crippen MR) is 54.5 cm³/mol. The fourth-order valence-electron chi connectivity index (χ4n) is 1.84. The van der Waals surface area contributed by atoms with Crippen molar-refractivity contribution in [3.8, 4) is 0 Å². The zero-order valence-corrected chi connectivity index (χ0v) is 8.77. The van der Waals surface area contributed by atoms with E-state index in [0.717, 1.165) is 17.5 Å². The molecule has 0 spiro atoms. The van der Waals surface area contributed by atoms with E-state index in [1.807, 2.05) is 18.7 Å². The van der Waals surface area contributed by atoms with E-state index in [1.165, 1.54) is 25.7 Å². The predicted octanol–water partition coefficient (Wildman–Crippen LogP) is 2.89. The van der Waals surface area contributed by atoms with Crippen LogP contribution in [0.3, 0.4) is 0 Å².